The summed E-state index contributed by atoms with van der Waals surface area (Å²) in [5.41, 5.74) is 0.0510. The van der Waals surface area contributed by atoms with Crippen LogP contribution in [0, 0.1) is 5.92 Å². The van der Waals surface area contributed by atoms with E-state index in [1.807, 2.05) is 24.3 Å². The largest absolute Gasteiger partial charge is 0.480 e. The summed E-state index contributed by atoms with van der Waals surface area (Å²) in [6.45, 7) is 2.18. The zero-order valence-electron chi connectivity index (χ0n) is 11.2. The number of rotatable bonds is 4. The van der Waals surface area contributed by atoms with E-state index in [0.717, 1.165) is 29.4 Å². The van der Waals surface area contributed by atoms with E-state index in [9.17, 15) is 9.90 Å². The molecule has 0 amide bonds. The molecule has 0 aliphatic heterocycles. The van der Waals surface area contributed by atoms with Crippen LogP contribution in [-0.4, -0.2) is 16.6 Å². The van der Waals surface area contributed by atoms with Crippen LogP contribution in [0.3, 0.4) is 0 Å². The molecule has 0 spiro atoms. The number of aliphatic carboxylic acids is 1. The topological polar surface area (TPSA) is 49.3 Å². The quantitative estimate of drug-likeness (QED) is 0.868. The molecule has 0 atom stereocenters. The Morgan fingerprint density at radius 1 is 1.42 bits per heavy atom. The summed E-state index contributed by atoms with van der Waals surface area (Å²) in [5, 5.41) is 12.9. The van der Waals surface area contributed by atoms with Crippen molar-refractivity contribution in [3.05, 3.63) is 28.7 Å². The third-order valence-corrected chi connectivity index (χ3v) is 4.88. The lowest BCUT2D eigenvalue weighted by atomic mass is 9.75. The summed E-state index contributed by atoms with van der Waals surface area (Å²) in [7, 11) is 0. The molecule has 3 nitrogen and oxygen atoms in total. The maximum Gasteiger partial charge on any atom is 0.329 e. The van der Waals surface area contributed by atoms with Gasteiger partial charge in [-0.05, 0) is 59.7 Å². The summed E-state index contributed by atoms with van der Waals surface area (Å²) in [6, 6.07) is 7.69. The third-order valence-electron chi connectivity index (χ3n) is 4.19. The number of hydrogen-bond acceptors (Lipinski definition) is 2. The average molecular weight is 326 g/mol. The van der Waals surface area contributed by atoms with Crippen molar-refractivity contribution >= 4 is 27.6 Å². The van der Waals surface area contributed by atoms with Gasteiger partial charge in [-0.3, -0.25) is 0 Å². The Hall–Kier alpha value is -1.03. The molecule has 0 saturated heterocycles. The van der Waals surface area contributed by atoms with E-state index < -0.39 is 11.5 Å². The van der Waals surface area contributed by atoms with Gasteiger partial charge in [-0.15, -0.1) is 0 Å². The van der Waals surface area contributed by atoms with Crippen molar-refractivity contribution in [2.75, 3.05) is 5.32 Å². The van der Waals surface area contributed by atoms with Gasteiger partial charge in [0.1, 0.15) is 5.54 Å². The molecule has 4 heteroatoms. The molecule has 0 aromatic heterocycles. The normalized spacial score (nSPS) is 26.9. The van der Waals surface area contributed by atoms with Crippen LogP contribution >= 0.6 is 15.9 Å². The fourth-order valence-electron chi connectivity index (χ4n) is 2.79. The maximum atomic E-state index is 11.7. The Labute approximate surface area is 122 Å². The average Bonchev–Trinajstić information content (AvgIpc) is 2.42. The lowest BCUT2D eigenvalue weighted by Crippen LogP contribution is -2.49. The van der Waals surface area contributed by atoms with Gasteiger partial charge in [-0.1, -0.05) is 25.5 Å². The molecule has 0 unspecified atom stereocenters. The van der Waals surface area contributed by atoms with Gasteiger partial charge in [0.2, 0.25) is 0 Å². The Kier molecular flexibility index (Phi) is 4.50. The van der Waals surface area contributed by atoms with E-state index in [2.05, 4.69) is 28.2 Å². The highest BCUT2D eigenvalue weighted by Gasteiger charge is 2.41. The summed E-state index contributed by atoms with van der Waals surface area (Å²) in [6.07, 6.45) is 4.51. The van der Waals surface area contributed by atoms with Crippen molar-refractivity contribution in [2.24, 2.45) is 5.92 Å². The second-order valence-corrected chi connectivity index (χ2v) is 6.20. The van der Waals surface area contributed by atoms with E-state index >= 15 is 0 Å². The van der Waals surface area contributed by atoms with Crippen molar-refractivity contribution in [1.29, 1.82) is 0 Å². The highest BCUT2D eigenvalue weighted by atomic mass is 79.9. The minimum absolute atomic E-state index is 0.675. The lowest BCUT2D eigenvalue weighted by molar-refractivity contribution is -0.143. The summed E-state index contributed by atoms with van der Waals surface area (Å²) in [5.74, 6) is -0.0636. The van der Waals surface area contributed by atoms with Gasteiger partial charge in [-0.2, -0.15) is 0 Å². The van der Waals surface area contributed by atoms with Crippen molar-refractivity contribution < 1.29 is 9.90 Å². The number of carboxylic acids is 1. The number of benzene rings is 1. The van der Waals surface area contributed by atoms with Crippen LogP contribution in [0.15, 0.2) is 28.7 Å². The van der Waals surface area contributed by atoms with Gasteiger partial charge in [0.15, 0.2) is 0 Å². The molecule has 1 aromatic rings. The molecular weight excluding hydrogens is 306 g/mol. The zero-order chi connectivity index (χ0) is 13.9. The van der Waals surface area contributed by atoms with E-state index in [4.69, 9.17) is 0 Å². The van der Waals surface area contributed by atoms with E-state index in [-0.39, 0.29) is 0 Å². The highest BCUT2D eigenvalue weighted by molar-refractivity contribution is 9.10. The number of anilines is 1. The first-order chi connectivity index (χ1) is 9.07. The Bertz CT molecular complexity index is 453. The van der Waals surface area contributed by atoms with Crippen LogP contribution in [0.2, 0.25) is 0 Å². The first kappa shape index (κ1) is 14.4. The zero-order valence-corrected chi connectivity index (χ0v) is 12.7. The molecule has 2 rings (SSSR count). The maximum absolute atomic E-state index is 11.7. The van der Waals surface area contributed by atoms with Gasteiger partial charge >= 0.3 is 5.97 Å². The Balaban J connectivity index is 2.18. The van der Waals surface area contributed by atoms with Crippen molar-refractivity contribution in [1.82, 2.24) is 0 Å². The molecule has 1 aromatic carbocycles. The predicted molar refractivity (Wildman–Crippen MR) is 80.4 cm³/mol. The summed E-state index contributed by atoms with van der Waals surface area (Å²) < 4.78 is 0.910. The molecule has 1 fully saturated rings. The van der Waals surface area contributed by atoms with Crippen molar-refractivity contribution in [3.63, 3.8) is 0 Å². The Morgan fingerprint density at radius 2 is 2.05 bits per heavy atom. The number of carboxylic acid groups (broad SMARTS) is 1. The van der Waals surface area contributed by atoms with E-state index in [1.54, 1.807) is 0 Å². The van der Waals surface area contributed by atoms with Crippen LogP contribution in [0.25, 0.3) is 0 Å². The second-order valence-electron chi connectivity index (χ2n) is 5.34. The SMILES string of the molecule is CCC1CCC(Nc2ccccc2Br)(C(=O)O)CC1. The van der Waals surface area contributed by atoms with E-state index in [1.165, 1.54) is 0 Å². The van der Waals surface area contributed by atoms with Crippen LogP contribution in [0.4, 0.5) is 5.69 Å². The second kappa shape index (κ2) is 5.95. The van der Waals surface area contributed by atoms with Crippen LogP contribution in [0.5, 0.6) is 0 Å². The van der Waals surface area contributed by atoms with Gasteiger partial charge in [-0.25, -0.2) is 4.79 Å². The van der Waals surface area contributed by atoms with Crippen LogP contribution in [-0.2, 0) is 4.79 Å². The molecule has 2 N–H and O–H groups in total. The molecule has 0 heterocycles. The monoisotopic (exact) mass is 325 g/mol. The molecule has 0 bridgehead atoms. The van der Waals surface area contributed by atoms with Crippen LogP contribution in [0.1, 0.15) is 39.0 Å². The first-order valence-corrected chi connectivity index (χ1v) is 7.63. The molecule has 1 saturated carbocycles. The fourth-order valence-corrected chi connectivity index (χ4v) is 3.18. The minimum Gasteiger partial charge on any atom is -0.480 e. The number of para-hydroxylation sites is 1. The highest BCUT2D eigenvalue weighted by Crippen LogP contribution is 2.37. The molecule has 1 aliphatic carbocycles. The van der Waals surface area contributed by atoms with Gasteiger partial charge in [0.25, 0.3) is 0 Å². The summed E-state index contributed by atoms with van der Waals surface area (Å²) >= 11 is 3.47. The number of halogens is 1. The Morgan fingerprint density at radius 3 is 2.58 bits per heavy atom. The van der Waals surface area contributed by atoms with Gasteiger partial charge in [0, 0.05) is 10.2 Å². The molecule has 104 valence electrons. The fraction of sp³-hybridized carbons (Fsp3) is 0.533. The smallest absolute Gasteiger partial charge is 0.329 e. The number of hydrogen-bond donors (Lipinski definition) is 2. The molecule has 19 heavy (non-hydrogen) atoms. The minimum atomic E-state index is -0.810. The molecular formula is C15H20BrNO2. The summed E-state index contributed by atoms with van der Waals surface area (Å²) in [4.78, 5) is 11.7. The third kappa shape index (κ3) is 3.11. The van der Waals surface area contributed by atoms with E-state index in [0.29, 0.717) is 18.8 Å². The molecule has 0 radical (unpaired) electrons. The predicted octanol–water partition coefficient (Wildman–Crippen LogP) is 4.28. The first-order valence-electron chi connectivity index (χ1n) is 6.83. The number of nitrogens with one attached hydrogen (secondary N) is 1. The van der Waals surface area contributed by atoms with Gasteiger partial charge < -0.3 is 10.4 Å². The van der Waals surface area contributed by atoms with Crippen molar-refractivity contribution in [3.8, 4) is 0 Å². The molecule has 1 aliphatic rings. The van der Waals surface area contributed by atoms with Gasteiger partial charge in [0.05, 0.1) is 0 Å². The van der Waals surface area contributed by atoms with Crippen LogP contribution < -0.4 is 5.32 Å². The van der Waals surface area contributed by atoms with Crippen molar-refractivity contribution in [2.45, 2.75) is 44.6 Å². The number of carbonyl (C=O) groups is 1. The lowest BCUT2D eigenvalue weighted by Gasteiger charge is -2.38. The standard InChI is InChI=1S/C15H20BrNO2/c1-2-11-7-9-15(10-8-11,14(18)19)17-13-6-4-3-5-12(13)16/h3-6,11,17H,2,7-10H2,1H3,(H,18,19).